The molecular weight excluding hydrogens is 254 g/mol. The van der Waals surface area contributed by atoms with Crippen LogP contribution in [-0.4, -0.2) is 57.8 Å². The van der Waals surface area contributed by atoms with Crippen molar-refractivity contribution in [3.05, 3.63) is 10.4 Å². The number of hydrogen-bond acceptors (Lipinski definition) is 6. The Hall–Kier alpha value is -1.47. The lowest BCUT2D eigenvalue weighted by Gasteiger charge is -2.05. The zero-order valence-electron chi connectivity index (χ0n) is 10.6. The van der Waals surface area contributed by atoms with E-state index in [4.69, 9.17) is 19.7 Å². The average Bonchev–Trinajstić information content (AvgIpc) is 3.13. The molecule has 106 valence electrons. The Morgan fingerprint density at radius 2 is 1.79 bits per heavy atom. The number of carbonyl (C=O) groups excluding carboxylic acids is 2. The summed E-state index contributed by atoms with van der Waals surface area (Å²) in [5.74, 6) is -0.556. The van der Waals surface area contributed by atoms with E-state index in [1.54, 1.807) is 0 Å². The summed E-state index contributed by atoms with van der Waals surface area (Å²) in [4.78, 5) is 24.5. The SMILES string of the molecule is [N-]=[N+]=NCCOCCOCCOCC(=O)C1CC1=O. The predicted octanol–water partition coefficient (Wildman–Crippen LogP) is 0.505. The molecule has 8 nitrogen and oxygen atoms in total. The van der Waals surface area contributed by atoms with Gasteiger partial charge in [-0.25, -0.2) is 0 Å². The van der Waals surface area contributed by atoms with Gasteiger partial charge in [0, 0.05) is 17.9 Å². The molecule has 1 rings (SSSR count). The second-order valence-electron chi connectivity index (χ2n) is 3.92. The average molecular weight is 271 g/mol. The van der Waals surface area contributed by atoms with Crippen LogP contribution in [0.3, 0.4) is 0 Å². The number of carbonyl (C=O) groups is 2. The zero-order valence-corrected chi connectivity index (χ0v) is 10.6. The molecule has 0 aromatic heterocycles. The lowest BCUT2D eigenvalue weighted by atomic mass is 10.3. The normalized spacial score (nSPS) is 17.1. The molecule has 1 unspecified atom stereocenters. The van der Waals surface area contributed by atoms with Gasteiger partial charge in [-0.2, -0.15) is 0 Å². The molecule has 1 atom stereocenters. The third-order valence-electron chi connectivity index (χ3n) is 2.41. The van der Waals surface area contributed by atoms with Gasteiger partial charge in [-0.3, -0.25) is 9.59 Å². The molecular formula is C11H17N3O5. The molecule has 1 aliphatic carbocycles. The highest BCUT2D eigenvalue weighted by Gasteiger charge is 2.40. The van der Waals surface area contributed by atoms with Gasteiger partial charge < -0.3 is 14.2 Å². The van der Waals surface area contributed by atoms with Gasteiger partial charge in [-0.05, 0) is 5.53 Å². The van der Waals surface area contributed by atoms with Crippen LogP contribution in [0.5, 0.6) is 0 Å². The van der Waals surface area contributed by atoms with Crippen LogP contribution in [0.25, 0.3) is 10.4 Å². The first kappa shape index (κ1) is 15.6. The standard InChI is InChI=1S/C11H17N3O5/c12-14-13-1-2-17-3-4-18-5-6-19-8-11(16)9-7-10(9)15/h9H,1-8H2. The lowest BCUT2D eigenvalue weighted by Crippen LogP contribution is -2.15. The highest BCUT2D eigenvalue weighted by Crippen LogP contribution is 2.24. The molecule has 1 saturated carbocycles. The number of ketones is 2. The number of ether oxygens (including phenoxy) is 3. The first-order valence-corrected chi connectivity index (χ1v) is 6.05. The molecule has 0 aliphatic heterocycles. The van der Waals surface area contributed by atoms with Crippen molar-refractivity contribution >= 4 is 11.6 Å². The fourth-order valence-electron chi connectivity index (χ4n) is 1.30. The molecule has 8 heteroatoms. The van der Waals surface area contributed by atoms with E-state index in [-0.39, 0.29) is 18.2 Å². The molecule has 0 aromatic rings. The van der Waals surface area contributed by atoms with Crippen LogP contribution in [-0.2, 0) is 23.8 Å². The molecule has 0 radical (unpaired) electrons. The van der Waals surface area contributed by atoms with E-state index in [2.05, 4.69) is 10.0 Å². The fourth-order valence-corrected chi connectivity index (χ4v) is 1.30. The molecule has 0 N–H and O–H groups in total. The van der Waals surface area contributed by atoms with E-state index in [1.807, 2.05) is 0 Å². The summed E-state index contributed by atoms with van der Waals surface area (Å²) < 4.78 is 15.4. The van der Waals surface area contributed by atoms with Gasteiger partial charge in [0.2, 0.25) is 0 Å². The second kappa shape index (κ2) is 9.46. The van der Waals surface area contributed by atoms with Crippen molar-refractivity contribution in [1.82, 2.24) is 0 Å². The van der Waals surface area contributed by atoms with Crippen LogP contribution in [0.2, 0.25) is 0 Å². The number of hydrogen-bond donors (Lipinski definition) is 0. The monoisotopic (exact) mass is 271 g/mol. The Labute approximate surface area is 110 Å². The van der Waals surface area contributed by atoms with Gasteiger partial charge in [0.25, 0.3) is 0 Å². The maximum Gasteiger partial charge on any atom is 0.169 e. The predicted molar refractivity (Wildman–Crippen MR) is 64.6 cm³/mol. The molecule has 0 heterocycles. The molecule has 1 aliphatic rings. The maximum absolute atomic E-state index is 11.2. The fraction of sp³-hybridized carbons (Fsp3) is 0.818. The minimum Gasteiger partial charge on any atom is -0.379 e. The molecule has 0 bridgehead atoms. The van der Waals surface area contributed by atoms with E-state index < -0.39 is 5.92 Å². The van der Waals surface area contributed by atoms with Crippen molar-refractivity contribution in [2.24, 2.45) is 11.0 Å². The first-order chi connectivity index (χ1) is 9.25. The number of Topliss-reactive ketones (excluding diaryl/α,β-unsaturated/α-hetero) is 2. The van der Waals surface area contributed by atoms with Gasteiger partial charge >= 0.3 is 0 Å². The maximum atomic E-state index is 11.2. The van der Waals surface area contributed by atoms with Crippen LogP contribution in [0.4, 0.5) is 0 Å². The van der Waals surface area contributed by atoms with Crippen molar-refractivity contribution in [3.63, 3.8) is 0 Å². The van der Waals surface area contributed by atoms with Crippen LogP contribution in [0, 0.1) is 5.92 Å². The number of nitrogens with zero attached hydrogens (tertiary/aromatic N) is 3. The van der Waals surface area contributed by atoms with Crippen molar-refractivity contribution in [2.75, 3.05) is 46.2 Å². The van der Waals surface area contributed by atoms with Gasteiger partial charge in [-0.15, -0.1) is 0 Å². The Kier molecular flexibility index (Phi) is 7.76. The number of azide groups is 1. The van der Waals surface area contributed by atoms with Crippen LogP contribution >= 0.6 is 0 Å². The minimum atomic E-state index is -0.412. The largest absolute Gasteiger partial charge is 0.379 e. The Morgan fingerprint density at radius 1 is 1.21 bits per heavy atom. The molecule has 0 amide bonds. The molecule has 1 fully saturated rings. The smallest absolute Gasteiger partial charge is 0.169 e. The van der Waals surface area contributed by atoms with Crippen molar-refractivity contribution < 1.29 is 23.8 Å². The van der Waals surface area contributed by atoms with E-state index in [9.17, 15) is 9.59 Å². The van der Waals surface area contributed by atoms with E-state index >= 15 is 0 Å². The summed E-state index contributed by atoms with van der Waals surface area (Å²) in [5.41, 5.74) is 8.00. The van der Waals surface area contributed by atoms with Gasteiger partial charge in [0.15, 0.2) is 5.78 Å². The van der Waals surface area contributed by atoms with Gasteiger partial charge in [0.1, 0.15) is 12.4 Å². The zero-order chi connectivity index (χ0) is 13.9. The molecule has 19 heavy (non-hydrogen) atoms. The van der Waals surface area contributed by atoms with E-state index in [1.165, 1.54) is 0 Å². The molecule has 0 aromatic carbocycles. The summed E-state index contributed by atoms with van der Waals surface area (Å²) in [6.45, 7) is 2.15. The third kappa shape index (κ3) is 7.53. The second-order valence-corrected chi connectivity index (χ2v) is 3.92. The molecule has 0 saturated heterocycles. The Morgan fingerprint density at radius 3 is 2.37 bits per heavy atom. The Balaban J connectivity index is 1.77. The van der Waals surface area contributed by atoms with Crippen molar-refractivity contribution in [2.45, 2.75) is 6.42 Å². The minimum absolute atomic E-state index is 0.00253. The topological polar surface area (TPSA) is 111 Å². The summed E-state index contributed by atoms with van der Waals surface area (Å²) >= 11 is 0. The number of rotatable bonds is 12. The van der Waals surface area contributed by atoms with Gasteiger partial charge in [0.05, 0.1) is 39.0 Å². The summed E-state index contributed by atoms with van der Waals surface area (Å²) in [6, 6.07) is 0. The lowest BCUT2D eigenvalue weighted by molar-refractivity contribution is -0.127. The Bertz CT molecular complexity index is 354. The summed E-state index contributed by atoms with van der Waals surface area (Å²) in [6.07, 6.45) is 0.367. The van der Waals surface area contributed by atoms with Crippen molar-refractivity contribution in [1.29, 1.82) is 0 Å². The quantitative estimate of drug-likeness (QED) is 0.169. The van der Waals surface area contributed by atoms with Crippen LogP contribution in [0.1, 0.15) is 6.42 Å². The van der Waals surface area contributed by atoms with Gasteiger partial charge in [-0.1, -0.05) is 5.11 Å². The van der Waals surface area contributed by atoms with Crippen molar-refractivity contribution in [3.8, 4) is 0 Å². The van der Waals surface area contributed by atoms with E-state index in [0.29, 0.717) is 46.0 Å². The summed E-state index contributed by atoms with van der Waals surface area (Å²) in [7, 11) is 0. The third-order valence-corrected chi connectivity index (χ3v) is 2.41. The first-order valence-electron chi connectivity index (χ1n) is 6.05. The molecule has 0 spiro atoms. The van der Waals surface area contributed by atoms with E-state index in [0.717, 1.165) is 0 Å². The van der Waals surface area contributed by atoms with Crippen LogP contribution < -0.4 is 0 Å². The van der Waals surface area contributed by atoms with Crippen LogP contribution in [0.15, 0.2) is 5.11 Å². The highest BCUT2D eigenvalue weighted by molar-refractivity contribution is 6.15. The summed E-state index contributed by atoms with van der Waals surface area (Å²) in [5, 5.41) is 3.31. The highest BCUT2D eigenvalue weighted by atomic mass is 16.5.